The lowest BCUT2D eigenvalue weighted by Crippen LogP contribution is -2.43. The quantitative estimate of drug-likeness (QED) is 0.646. The minimum Gasteiger partial charge on any atom is -0.493 e. The Morgan fingerprint density at radius 2 is 1.77 bits per heavy atom. The molecule has 0 bridgehead atoms. The molecule has 1 aliphatic rings. The number of amides is 4. The molecular weight excluding hydrogens is 386 g/mol. The van der Waals surface area contributed by atoms with Gasteiger partial charge in [-0.15, -0.1) is 0 Å². The van der Waals surface area contributed by atoms with Crippen molar-refractivity contribution in [2.75, 3.05) is 27.3 Å². The van der Waals surface area contributed by atoms with Crippen LogP contribution < -0.4 is 20.1 Å². The first-order valence-electron chi connectivity index (χ1n) is 9.56. The van der Waals surface area contributed by atoms with Crippen LogP contribution in [-0.4, -0.2) is 50.1 Å². The number of nitrogens with one attached hydrogen (secondary N) is 2. The molecule has 0 saturated carbocycles. The predicted octanol–water partition coefficient (Wildman–Crippen LogP) is 1.83. The van der Waals surface area contributed by atoms with Crippen LogP contribution in [0.25, 0.3) is 0 Å². The molecule has 30 heavy (non-hydrogen) atoms. The molecule has 1 atom stereocenters. The van der Waals surface area contributed by atoms with E-state index in [4.69, 9.17) is 9.47 Å². The van der Waals surface area contributed by atoms with E-state index in [1.807, 2.05) is 30.3 Å². The Kier molecular flexibility index (Phi) is 6.25. The van der Waals surface area contributed by atoms with Crippen LogP contribution in [0.2, 0.25) is 0 Å². The third-order valence-corrected chi connectivity index (χ3v) is 5.12. The van der Waals surface area contributed by atoms with E-state index in [1.54, 1.807) is 25.1 Å². The van der Waals surface area contributed by atoms with Gasteiger partial charge in [0.2, 0.25) is 5.91 Å². The molecule has 2 aromatic carbocycles. The van der Waals surface area contributed by atoms with Gasteiger partial charge in [0.15, 0.2) is 11.5 Å². The average Bonchev–Trinajstić information content (AvgIpc) is 2.97. The molecule has 0 unspecified atom stereocenters. The molecule has 0 aliphatic carbocycles. The van der Waals surface area contributed by atoms with Gasteiger partial charge in [-0.25, -0.2) is 4.79 Å². The largest absolute Gasteiger partial charge is 0.493 e. The van der Waals surface area contributed by atoms with Crippen LogP contribution in [0.4, 0.5) is 4.79 Å². The Morgan fingerprint density at radius 3 is 2.43 bits per heavy atom. The number of hydrogen-bond donors (Lipinski definition) is 2. The van der Waals surface area contributed by atoms with Gasteiger partial charge in [-0.2, -0.15) is 0 Å². The van der Waals surface area contributed by atoms with E-state index in [-0.39, 0.29) is 6.54 Å². The van der Waals surface area contributed by atoms with Crippen molar-refractivity contribution in [2.24, 2.45) is 0 Å². The van der Waals surface area contributed by atoms with Crippen molar-refractivity contribution < 1.29 is 23.9 Å². The van der Waals surface area contributed by atoms with Crippen molar-refractivity contribution >= 4 is 17.8 Å². The zero-order chi connectivity index (χ0) is 21.7. The third-order valence-electron chi connectivity index (χ3n) is 5.12. The summed E-state index contributed by atoms with van der Waals surface area (Å²) in [6, 6.07) is 14.1. The van der Waals surface area contributed by atoms with Gasteiger partial charge in [-0.1, -0.05) is 36.4 Å². The topological polar surface area (TPSA) is 97.0 Å². The molecule has 0 radical (unpaired) electrons. The first-order valence-corrected chi connectivity index (χ1v) is 9.56. The maximum atomic E-state index is 13.0. The second-order valence-electron chi connectivity index (χ2n) is 7.10. The molecule has 1 heterocycles. The number of rotatable bonds is 8. The van der Waals surface area contributed by atoms with E-state index in [1.165, 1.54) is 14.2 Å². The second-order valence-corrected chi connectivity index (χ2v) is 7.10. The molecule has 1 saturated heterocycles. The summed E-state index contributed by atoms with van der Waals surface area (Å²) < 4.78 is 10.5. The van der Waals surface area contributed by atoms with Crippen LogP contribution >= 0.6 is 0 Å². The number of hydrogen-bond acceptors (Lipinski definition) is 5. The van der Waals surface area contributed by atoms with Gasteiger partial charge in [0.25, 0.3) is 5.91 Å². The van der Waals surface area contributed by atoms with Gasteiger partial charge < -0.3 is 20.1 Å². The van der Waals surface area contributed by atoms with Crippen LogP contribution in [0.15, 0.2) is 48.5 Å². The van der Waals surface area contributed by atoms with E-state index < -0.39 is 23.4 Å². The standard InChI is InChI=1S/C22H25N3O5/c1-22(16-9-10-17(29-2)18(13-16)30-3)20(27)25(21(28)24-22)14-19(26)23-12-11-15-7-5-4-6-8-15/h4-10,13H,11-12,14H2,1-3H3,(H,23,26)(H,24,28)/t22-/m0/s1. The molecule has 2 N–H and O–H groups in total. The normalized spacial score (nSPS) is 18.2. The van der Waals surface area contributed by atoms with Crippen LogP contribution in [-0.2, 0) is 21.5 Å². The highest BCUT2D eigenvalue weighted by molar-refractivity contribution is 6.09. The summed E-state index contributed by atoms with van der Waals surface area (Å²) >= 11 is 0. The molecular formula is C22H25N3O5. The summed E-state index contributed by atoms with van der Waals surface area (Å²) in [5.41, 5.74) is 0.320. The highest BCUT2D eigenvalue weighted by atomic mass is 16.5. The minimum atomic E-state index is -1.30. The minimum absolute atomic E-state index is 0.345. The number of carbonyl (C=O) groups is 3. The van der Waals surface area contributed by atoms with Crippen molar-refractivity contribution in [1.29, 1.82) is 0 Å². The fraction of sp³-hybridized carbons (Fsp3) is 0.318. The number of imide groups is 1. The van der Waals surface area contributed by atoms with Crippen LogP contribution in [0, 0.1) is 0 Å². The van der Waals surface area contributed by atoms with E-state index in [9.17, 15) is 14.4 Å². The van der Waals surface area contributed by atoms with E-state index in [2.05, 4.69) is 10.6 Å². The lowest BCUT2D eigenvalue weighted by molar-refractivity contribution is -0.134. The van der Waals surface area contributed by atoms with E-state index >= 15 is 0 Å². The molecule has 0 spiro atoms. The molecule has 2 aromatic rings. The molecule has 3 rings (SSSR count). The zero-order valence-corrected chi connectivity index (χ0v) is 17.2. The maximum absolute atomic E-state index is 13.0. The van der Waals surface area contributed by atoms with Crippen LogP contribution in [0.3, 0.4) is 0 Å². The summed E-state index contributed by atoms with van der Waals surface area (Å²) in [5.74, 6) is 0.0515. The summed E-state index contributed by atoms with van der Waals surface area (Å²) in [6.45, 7) is 1.67. The van der Waals surface area contributed by atoms with E-state index in [0.717, 1.165) is 10.5 Å². The fourth-order valence-electron chi connectivity index (χ4n) is 3.37. The first kappa shape index (κ1) is 21.2. The van der Waals surface area contributed by atoms with Gasteiger partial charge in [-0.3, -0.25) is 14.5 Å². The Labute approximate surface area is 175 Å². The average molecular weight is 411 g/mol. The summed E-state index contributed by atoms with van der Waals surface area (Å²) in [4.78, 5) is 38.7. The molecule has 8 heteroatoms. The Morgan fingerprint density at radius 1 is 1.07 bits per heavy atom. The monoisotopic (exact) mass is 411 g/mol. The summed E-state index contributed by atoms with van der Waals surface area (Å²) in [5, 5.41) is 5.43. The Hall–Kier alpha value is -3.55. The van der Waals surface area contributed by atoms with Crippen molar-refractivity contribution in [3.63, 3.8) is 0 Å². The van der Waals surface area contributed by atoms with Crippen LogP contribution in [0.1, 0.15) is 18.1 Å². The maximum Gasteiger partial charge on any atom is 0.325 e. The molecule has 8 nitrogen and oxygen atoms in total. The van der Waals surface area contributed by atoms with Gasteiger partial charge in [0.05, 0.1) is 14.2 Å². The van der Waals surface area contributed by atoms with Crippen LogP contribution in [0.5, 0.6) is 11.5 Å². The number of nitrogens with zero attached hydrogens (tertiary/aromatic N) is 1. The van der Waals surface area contributed by atoms with Crippen molar-refractivity contribution in [3.05, 3.63) is 59.7 Å². The lowest BCUT2D eigenvalue weighted by Gasteiger charge is -2.23. The van der Waals surface area contributed by atoms with Gasteiger partial charge in [-0.05, 0) is 36.6 Å². The Balaban J connectivity index is 1.66. The number of methoxy groups -OCH3 is 2. The number of benzene rings is 2. The molecule has 158 valence electrons. The molecule has 1 aliphatic heterocycles. The van der Waals surface area contributed by atoms with E-state index in [0.29, 0.717) is 30.0 Å². The van der Waals surface area contributed by atoms with Crippen molar-refractivity contribution in [2.45, 2.75) is 18.9 Å². The third kappa shape index (κ3) is 4.22. The van der Waals surface area contributed by atoms with Gasteiger partial charge in [0.1, 0.15) is 12.1 Å². The SMILES string of the molecule is COc1ccc([C@]2(C)NC(=O)N(CC(=O)NCCc3ccccc3)C2=O)cc1OC. The first-order chi connectivity index (χ1) is 14.4. The molecule has 1 fully saturated rings. The zero-order valence-electron chi connectivity index (χ0n) is 17.2. The lowest BCUT2D eigenvalue weighted by atomic mass is 9.91. The van der Waals surface area contributed by atoms with Gasteiger partial charge >= 0.3 is 6.03 Å². The fourth-order valence-corrected chi connectivity index (χ4v) is 3.37. The highest BCUT2D eigenvalue weighted by Crippen LogP contribution is 2.35. The molecule has 0 aromatic heterocycles. The van der Waals surface area contributed by atoms with Crippen molar-refractivity contribution in [1.82, 2.24) is 15.5 Å². The number of carbonyl (C=O) groups excluding carboxylic acids is 3. The summed E-state index contributed by atoms with van der Waals surface area (Å²) in [7, 11) is 3.00. The predicted molar refractivity (Wildman–Crippen MR) is 110 cm³/mol. The van der Waals surface area contributed by atoms with Crippen molar-refractivity contribution in [3.8, 4) is 11.5 Å². The molecule has 4 amide bonds. The van der Waals surface area contributed by atoms with Gasteiger partial charge in [0, 0.05) is 6.54 Å². The summed E-state index contributed by atoms with van der Waals surface area (Å²) in [6.07, 6.45) is 0.663. The number of ether oxygens (including phenoxy) is 2. The Bertz CT molecular complexity index is 947. The number of urea groups is 1. The smallest absolute Gasteiger partial charge is 0.325 e. The second kappa shape index (κ2) is 8.86. The highest BCUT2D eigenvalue weighted by Gasteiger charge is 2.49.